The monoisotopic (exact) mass is 350 g/mol. The van der Waals surface area contributed by atoms with Crippen LogP contribution in [0.1, 0.15) is 16.8 Å². The number of para-hydroxylation sites is 2. The highest BCUT2D eigenvalue weighted by molar-refractivity contribution is 5.82. The maximum absolute atomic E-state index is 4.94. The number of nitrogens with one attached hydrogen (secondary N) is 1. The predicted molar refractivity (Wildman–Crippen MR) is 109 cm³/mol. The Bertz CT molecular complexity index is 1220. The first-order valence-electron chi connectivity index (χ1n) is 9.02. The molecular weight excluding hydrogens is 332 g/mol. The summed E-state index contributed by atoms with van der Waals surface area (Å²) in [6, 6.07) is 24.6. The Balaban J connectivity index is 1.73. The van der Waals surface area contributed by atoms with Gasteiger partial charge in [0.25, 0.3) is 0 Å². The van der Waals surface area contributed by atoms with Gasteiger partial charge in [0.2, 0.25) is 0 Å². The Morgan fingerprint density at radius 2 is 1.56 bits per heavy atom. The number of aromatic nitrogens is 4. The Hall–Kier alpha value is -3.53. The maximum atomic E-state index is 4.94. The summed E-state index contributed by atoms with van der Waals surface area (Å²) >= 11 is 0. The lowest BCUT2D eigenvalue weighted by Gasteiger charge is -2.09. The van der Waals surface area contributed by atoms with Crippen molar-refractivity contribution in [1.82, 2.24) is 19.9 Å². The fraction of sp³-hybridized carbons (Fsp3) is 0.0870. The minimum absolute atomic E-state index is 0.712. The second-order valence-electron chi connectivity index (χ2n) is 6.78. The highest BCUT2D eigenvalue weighted by Crippen LogP contribution is 2.26. The largest absolute Gasteiger partial charge is 0.337 e. The van der Waals surface area contributed by atoms with Crippen molar-refractivity contribution in [2.24, 2.45) is 0 Å². The number of aryl methyl sites for hydroxylation is 1. The van der Waals surface area contributed by atoms with Crippen molar-refractivity contribution in [3.8, 4) is 11.5 Å². The van der Waals surface area contributed by atoms with Crippen LogP contribution >= 0.6 is 0 Å². The topological polar surface area (TPSA) is 54.5 Å². The van der Waals surface area contributed by atoms with Crippen LogP contribution in [0.4, 0.5) is 0 Å². The first kappa shape index (κ1) is 15.7. The molecule has 0 saturated carbocycles. The van der Waals surface area contributed by atoms with Crippen LogP contribution in [0.2, 0.25) is 0 Å². The highest BCUT2D eigenvalue weighted by atomic mass is 15.0. The maximum Gasteiger partial charge on any atom is 0.159 e. The lowest BCUT2D eigenvalue weighted by Crippen LogP contribution is -2.01. The number of aromatic amines is 1. The molecule has 4 heteroatoms. The van der Waals surface area contributed by atoms with Crippen molar-refractivity contribution in [1.29, 1.82) is 0 Å². The average molecular weight is 350 g/mol. The van der Waals surface area contributed by atoms with Crippen LogP contribution in [-0.4, -0.2) is 19.9 Å². The molecule has 0 unspecified atom stereocenters. The SMILES string of the molecule is Cc1ccc2nc(Cc3ccccc3)c(-c3nc4ccccc4[nH]3)nc2c1. The first-order valence-corrected chi connectivity index (χ1v) is 9.02. The fourth-order valence-electron chi connectivity index (χ4n) is 3.37. The van der Waals surface area contributed by atoms with Crippen molar-refractivity contribution < 1.29 is 0 Å². The Morgan fingerprint density at radius 1 is 0.741 bits per heavy atom. The van der Waals surface area contributed by atoms with Gasteiger partial charge in [0.05, 0.1) is 27.8 Å². The second-order valence-corrected chi connectivity index (χ2v) is 6.78. The number of hydrogen-bond donors (Lipinski definition) is 1. The van der Waals surface area contributed by atoms with Crippen molar-refractivity contribution in [3.63, 3.8) is 0 Å². The minimum atomic E-state index is 0.712. The molecule has 0 radical (unpaired) electrons. The van der Waals surface area contributed by atoms with E-state index in [0.29, 0.717) is 6.42 Å². The number of nitrogens with zero attached hydrogens (tertiary/aromatic N) is 3. The van der Waals surface area contributed by atoms with Gasteiger partial charge < -0.3 is 4.98 Å². The van der Waals surface area contributed by atoms with E-state index in [1.165, 1.54) is 11.1 Å². The summed E-state index contributed by atoms with van der Waals surface area (Å²) in [4.78, 5) is 18.0. The Kier molecular flexibility index (Phi) is 3.68. The predicted octanol–water partition coefficient (Wildman–Crippen LogP) is 5.07. The first-order chi connectivity index (χ1) is 13.3. The van der Waals surface area contributed by atoms with E-state index in [2.05, 4.69) is 36.2 Å². The summed E-state index contributed by atoms with van der Waals surface area (Å²) in [6.07, 6.45) is 0.712. The molecule has 0 aliphatic heterocycles. The number of fused-ring (bicyclic) bond motifs is 2. The second kappa shape index (κ2) is 6.32. The molecule has 0 aliphatic rings. The van der Waals surface area contributed by atoms with Gasteiger partial charge in [-0.15, -0.1) is 0 Å². The van der Waals surface area contributed by atoms with E-state index in [0.717, 1.165) is 39.3 Å². The average Bonchev–Trinajstić information content (AvgIpc) is 3.12. The number of hydrogen-bond acceptors (Lipinski definition) is 3. The lowest BCUT2D eigenvalue weighted by molar-refractivity contribution is 1.06. The molecule has 0 aliphatic carbocycles. The molecule has 0 saturated heterocycles. The van der Waals surface area contributed by atoms with Gasteiger partial charge in [0.1, 0.15) is 5.69 Å². The lowest BCUT2D eigenvalue weighted by atomic mass is 10.1. The molecule has 2 heterocycles. The zero-order valence-electron chi connectivity index (χ0n) is 15.0. The van der Waals surface area contributed by atoms with Crippen LogP contribution in [0.3, 0.4) is 0 Å². The standard InChI is InChI=1S/C23H18N4/c1-15-11-12-19-20(13-15)25-22(21(24-19)14-16-7-3-2-4-8-16)23-26-17-9-5-6-10-18(17)27-23/h2-13H,14H2,1H3,(H,26,27). The third-order valence-electron chi connectivity index (χ3n) is 4.72. The van der Waals surface area contributed by atoms with Gasteiger partial charge in [-0.1, -0.05) is 48.5 Å². The number of imidazole rings is 1. The molecule has 4 nitrogen and oxygen atoms in total. The van der Waals surface area contributed by atoms with Gasteiger partial charge in [0.15, 0.2) is 5.82 Å². The van der Waals surface area contributed by atoms with Crippen LogP contribution in [0, 0.1) is 6.92 Å². The van der Waals surface area contributed by atoms with Crippen LogP contribution in [0.5, 0.6) is 0 Å². The summed E-state index contributed by atoms with van der Waals surface area (Å²) in [5, 5.41) is 0. The van der Waals surface area contributed by atoms with E-state index < -0.39 is 0 Å². The quantitative estimate of drug-likeness (QED) is 0.494. The van der Waals surface area contributed by atoms with Crippen molar-refractivity contribution >= 4 is 22.1 Å². The van der Waals surface area contributed by atoms with Crippen molar-refractivity contribution in [3.05, 3.63) is 89.6 Å². The van der Waals surface area contributed by atoms with Gasteiger partial charge in [-0.25, -0.2) is 15.0 Å². The Morgan fingerprint density at radius 3 is 2.41 bits per heavy atom. The number of rotatable bonds is 3. The fourth-order valence-corrected chi connectivity index (χ4v) is 3.37. The normalized spacial score (nSPS) is 11.3. The minimum Gasteiger partial charge on any atom is -0.337 e. The summed E-state index contributed by atoms with van der Waals surface area (Å²) in [5.41, 5.74) is 7.85. The van der Waals surface area contributed by atoms with Crippen molar-refractivity contribution in [2.45, 2.75) is 13.3 Å². The molecule has 130 valence electrons. The zero-order chi connectivity index (χ0) is 18.2. The molecule has 3 aromatic carbocycles. The molecule has 0 bridgehead atoms. The van der Waals surface area contributed by atoms with E-state index in [9.17, 15) is 0 Å². The van der Waals surface area contributed by atoms with E-state index >= 15 is 0 Å². The smallest absolute Gasteiger partial charge is 0.159 e. The van der Waals surface area contributed by atoms with Crippen LogP contribution < -0.4 is 0 Å². The van der Waals surface area contributed by atoms with Gasteiger partial charge in [0, 0.05) is 6.42 Å². The van der Waals surface area contributed by atoms with E-state index in [4.69, 9.17) is 15.0 Å². The van der Waals surface area contributed by atoms with Crippen LogP contribution in [0.25, 0.3) is 33.6 Å². The number of benzene rings is 3. The van der Waals surface area contributed by atoms with E-state index in [-0.39, 0.29) is 0 Å². The molecule has 0 atom stereocenters. The van der Waals surface area contributed by atoms with E-state index in [1.807, 2.05) is 48.5 Å². The van der Waals surface area contributed by atoms with Gasteiger partial charge in [-0.3, -0.25) is 0 Å². The Labute approximate surface area is 157 Å². The van der Waals surface area contributed by atoms with Crippen LogP contribution in [-0.2, 0) is 6.42 Å². The summed E-state index contributed by atoms with van der Waals surface area (Å²) in [5.74, 6) is 0.762. The molecule has 0 amide bonds. The van der Waals surface area contributed by atoms with Gasteiger partial charge in [-0.05, 0) is 42.3 Å². The van der Waals surface area contributed by atoms with Crippen molar-refractivity contribution in [2.75, 3.05) is 0 Å². The third kappa shape index (κ3) is 2.95. The van der Waals surface area contributed by atoms with Crippen LogP contribution in [0.15, 0.2) is 72.8 Å². The third-order valence-corrected chi connectivity index (χ3v) is 4.72. The highest BCUT2D eigenvalue weighted by Gasteiger charge is 2.15. The summed E-state index contributed by atoms with van der Waals surface area (Å²) in [7, 11) is 0. The number of H-pyrrole nitrogens is 1. The molecule has 1 N–H and O–H groups in total. The molecule has 27 heavy (non-hydrogen) atoms. The van der Waals surface area contributed by atoms with Gasteiger partial charge >= 0.3 is 0 Å². The van der Waals surface area contributed by atoms with E-state index in [1.54, 1.807) is 0 Å². The molecule has 0 spiro atoms. The summed E-state index contributed by atoms with van der Waals surface area (Å²) in [6.45, 7) is 2.07. The molecule has 5 rings (SSSR count). The van der Waals surface area contributed by atoms with Gasteiger partial charge in [-0.2, -0.15) is 0 Å². The molecular formula is C23H18N4. The molecule has 0 fully saturated rings. The molecule has 5 aromatic rings. The molecule has 2 aromatic heterocycles. The summed E-state index contributed by atoms with van der Waals surface area (Å²) < 4.78 is 0. The zero-order valence-corrected chi connectivity index (χ0v) is 15.0.